The van der Waals surface area contributed by atoms with Crippen LogP contribution in [0, 0.1) is 0 Å². The number of hydrogen-bond acceptors (Lipinski definition) is 3. The van der Waals surface area contributed by atoms with E-state index in [-0.39, 0.29) is 0 Å². The van der Waals surface area contributed by atoms with E-state index >= 15 is 0 Å². The van der Waals surface area contributed by atoms with Crippen LogP contribution in [0.1, 0.15) is 12.5 Å². The maximum Gasteiger partial charge on any atom is 0.160 e. The van der Waals surface area contributed by atoms with Crippen molar-refractivity contribution in [2.24, 2.45) is 0 Å². The van der Waals surface area contributed by atoms with Crippen LogP contribution in [-0.4, -0.2) is 29.9 Å². The molecule has 1 aromatic carbocycles. The second-order valence-electron chi connectivity index (χ2n) is 4.12. The number of hydrogen-bond donors (Lipinski definition) is 0. The molecule has 0 saturated carbocycles. The number of nitrogens with zero attached hydrogens (tertiary/aromatic N) is 2. The van der Waals surface area contributed by atoms with Gasteiger partial charge in [0.05, 0.1) is 36.1 Å². The van der Waals surface area contributed by atoms with Gasteiger partial charge in [-0.15, -0.1) is 0 Å². The van der Waals surface area contributed by atoms with E-state index in [1.165, 1.54) is 0 Å². The van der Waals surface area contributed by atoms with Gasteiger partial charge in [-0.1, -0.05) is 0 Å². The molecule has 2 heterocycles. The highest BCUT2D eigenvalue weighted by molar-refractivity contribution is 9.10. The predicted molar refractivity (Wildman–Crippen MR) is 68.5 cm³/mol. The summed E-state index contributed by atoms with van der Waals surface area (Å²) in [6, 6.07) is 4.45. The molecule has 0 spiro atoms. The van der Waals surface area contributed by atoms with Crippen molar-refractivity contribution in [3.8, 4) is 5.75 Å². The van der Waals surface area contributed by atoms with Gasteiger partial charge in [-0.3, -0.25) is 0 Å². The fourth-order valence-electron chi connectivity index (χ4n) is 2.28. The van der Waals surface area contributed by atoms with Gasteiger partial charge in [-0.25, -0.2) is 4.98 Å². The van der Waals surface area contributed by atoms with Crippen LogP contribution in [0.25, 0.3) is 11.0 Å². The van der Waals surface area contributed by atoms with Crippen LogP contribution >= 0.6 is 15.9 Å². The fourth-order valence-corrected chi connectivity index (χ4v) is 2.76. The molecule has 5 heteroatoms. The van der Waals surface area contributed by atoms with Crippen molar-refractivity contribution in [3.63, 3.8) is 0 Å². The molecule has 17 heavy (non-hydrogen) atoms. The Labute approximate surface area is 108 Å². The lowest BCUT2D eigenvalue weighted by Gasteiger charge is -2.11. The number of aromatic nitrogens is 2. The molecule has 1 aromatic heterocycles. The summed E-state index contributed by atoms with van der Waals surface area (Å²) in [6.07, 6.45) is 2.92. The molecule has 1 saturated heterocycles. The minimum Gasteiger partial charge on any atom is -0.493 e. The minimum atomic E-state index is 0.394. The summed E-state index contributed by atoms with van der Waals surface area (Å²) in [6.45, 7) is 1.60. The first-order valence-corrected chi connectivity index (χ1v) is 6.37. The number of fused-ring (bicyclic) bond motifs is 1. The number of rotatable bonds is 2. The van der Waals surface area contributed by atoms with Crippen molar-refractivity contribution >= 4 is 27.0 Å². The monoisotopic (exact) mass is 296 g/mol. The zero-order valence-corrected chi connectivity index (χ0v) is 11.1. The number of ether oxygens (including phenoxy) is 2. The average molecular weight is 297 g/mol. The van der Waals surface area contributed by atoms with Gasteiger partial charge in [0.25, 0.3) is 0 Å². The molecule has 0 radical (unpaired) electrons. The largest absolute Gasteiger partial charge is 0.493 e. The van der Waals surface area contributed by atoms with Gasteiger partial charge >= 0.3 is 0 Å². The highest BCUT2D eigenvalue weighted by atomic mass is 79.9. The second-order valence-corrected chi connectivity index (χ2v) is 4.97. The van der Waals surface area contributed by atoms with E-state index in [2.05, 4.69) is 31.5 Å². The third-order valence-corrected chi connectivity index (χ3v) is 3.78. The Morgan fingerprint density at radius 2 is 2.41 bits per heavy atom. The van der Waals surface area contributed by atoms with E-state index in [0.717, 1.165) is 40.9 Å². The average Bonchev–Trinajstić information content (AvgIpc) is 2.96. The van der Waals surface area contributed by atoms with E-state index in [4.69, 9.17) is 9.47 Å². The van der Waals surface area contributed by atoms with Crippen LogP contribution in [0.2, 0.25) is 0 Å². The molecule has 1 unspecified atom stereocenters. The Kier molecular flexibility index (Phi) is 2.80. The Bertz CT molecular complexity index is 547. The summed E-state index contributed by atoms with van der Waals surface area (Å²) in [7, 11) is 1.66. The first kappa shape index (κ1) is 11.0. The Morgan fingerprint density at radius 3 is 3.12 bits per heavy atom. The quantitative estimate of drug-likeness (QED) is 0.855. The van der Waals surface area contributed by atoms with Crippen molar-refractivity contribution in [2.75, 3.05) is 20.3 Å². The zero-order chi connectivity index (χ0) is 11.8. The summed E-state index contributed by atoms with van der Waals surface area (Å²) in [5.41, 5.74) is 1.99. The lowest BCUT2D eigenvalue weighted by Crippen LogP contribution is -2.06. The topological polar surface area (TPSA) is 36.3 Å². The first-order chi connectivity index (χ1) is 8.31. The summed E-state index contributed by atoms with van der Waals surface area (Å²) < 4.78 is 13.9. The van der Waals surface area contributed by atoms with Gasteiger partial charge in [-0.05, 0) is 34.5 Å². The maximum absolute atomic E-state index is 5.42. The maximum atomic E-state index is 5.42. The van der Waals surface area contributed by atoms with Gasteiger partial charge in [0.1, 0.15) is 5.52 Å². The molecule has 90 valence electrons. The molecule has 1 aliphatic rings. The number of methoxy groups -OCH3 is 1. The highest BCUT2D eigenvalue weighted by Gasteiger charge is 2.20. The summed E-state index contributed by atoms with van der Waals surface area (Å²) >= 11 is 3.47. The van der Waals surface area contributed by atoms with Crippen molar-refractivity contribution in [2.45, 2.75) is 12.5 Å². The van der Waals surface area contributed by atoms with Gasteiger partial charge in [0, 0.05) is 6.61 Å². The minimum absolute atomic E-state index is 0.394. The van der Waals surface area contributed by atoms with Crippen LogP contribution in [0.4, 0.5) is 0 Å². The highest BCUT2D eigenvalue weighted by Crippen LogP contribution is 2.34. The van der Waals surface area contributed by atoms with Crippen LogP contribution < -0.4 is 4.74 Å². The summed E-state index contributed by atoms with van der Waals surface area (Å²) in [5, 5.41) is 0. The SMILES string of the molecule is COc1c(Br)ccc2c1ncn2C1CCOC1. The van der Waals surface area contributed by atoms with E-state index in [1.807, 2.05) is 12.4 Å². The van der Waals surface area contributed by atoms with Crippen molar-refractivity contribution in [1.82, 2.24) is 9.55 Å². The Balaban J connectivity index is 2.15. The van der Waals surface area contributed by atoms with Crippen molar-refractivity contribution < 1.29 is 9.47 Å². The predicted octanol–water partition coefficient (Wildman–Crippen LogP) is 2.77. The van der Waals surface area contributed by atoms with E-state index in [0.29, 0.717) is 6.04 Å². The van der Waals surface area contributed by atoms with Crippen LogP contribution in [0.3, 0.4) is 0 Å². The first-order valence-electron chi connectivity index (χ1n) is 5.58. The molecule has 1 aliphatic heterocycles. The third kappa shape index (κ3) is 1.73. The fraction of sp³-hybridized carbons (Fsp3) is 0.417. The van der Waals surface area contributed by atoms with Crippen molar-refractivity contribution in [1.29, 1.82) is 0 Å². The zero-order valence-electron chi connectivity index (χ0n) is 9.52. The number of halogens is 1. The van der Waals surface area contributed by atoms with E-state index in [1.54, 1.807) is 7.11 Å². The molecule has 1 atom stereocenters. The summed E-state index contributed by atoms with van der Waals surface area (Å²) in [4.78, 5) is 4.45. The van der Waals surface area contributed by atoms with E-state index < -0.39 is 0 Å². The number of benzene rings is 1. The smallest absolute Gasteiger partial charge is 0.160 e. The molecule has 2 aromatic rings. The van der Waals surface area contributed by atoms with Gasteiger partial charge < -0.3 is 14.0 Å². The van der Waals surface area contributed by atoms with Crippen LogP contribution in [0.15, 0.2) is 22.9 Å². The van der Waals surface area contributed by atoms with Crippen LogP contribution in [0.5, 0.6) is 5.75 Å². The van der Waals surface area contributed by atoms with Gasteiger partial charge in [0.2, 0.25) is 0 Å². The van der Waals surface area contributed by atoms with Gasteiger partial charge in [0.15, 0.2) is 5.75 Å². The molecule has 0 amide bonds. The normalized spacial score (nSPS) is 20.0. The van der Waals surface area contributed by atoms with E-state index in [9.17, 15) is 0 Å². The number of imidazole rings is 1. The standard InChI is InChI=1S/C12H13BrN2O2/c1-16-12-9(13)2-3-10-11(12)14-7-15(10)8-4-5-17-6-8/h2-3,7-8H,4-6H2,1H3. The molecular weight excluding hydrogens is 284 g/mol. The molecule has 0 bridgehead atoms. The third-order valence-electron chi connectivity index (χ3n) is 3.15. The van der Waals surface area contributed by atoms with Crippen molar-refractivity contribution in [3.05, 3.63) is 22.9 Å². The molecule has 1 fully saturated rings. The molecular formula is C12H13BrN2O2. The molecule has 0 aliphatic carbocycles. The second kappa shape index (κ2) is 4.31. The Hall–Kier alpha value is -1.07. The summed E-state index contributed by atoms with van der Waals surface area (Å²) in [5.74, 6) is 0.792. The molecule has 4 nitrogen and oxygen atoms in total. The van der Waals surface area contributed by atoms with Gasteiger partial charge in [-0.2, -0.15) is 0 Å². The van der Waals surface area contributed by atoms with Crippen LogP contribution in [-0.2, 0) is 4.74 Å². The lowest BCUT2D eigenvalue weighted by atomic mass is 10.2. The molecule has 3 rings (SSSR count). The molecule has 0 N–H and O–H groups in total. The Morgan fingerprint density at radius 1 is 1.53 bits per heavy atom. The lowest BCUT2D eigenvalue weighted by molar-refractivity contribution is 0.187.